The highest BCUT2D eigenvalue weighted by Crippen LogP contribution is 2.28. The molecule has 1 aromatic carbocycles. The number of pyridine rings is 1. The molecule has 0 fully saturated rings. The quantitative estimate of drug-likeness (QED) is 0.601. The first-order chi connectivity index (χ1) is 9.60. The van der Waals surface area contributed by atoms with Gasteiger partial charge in [0, 0.05) is 10.7 Å². The van der Waals surface area contributed by atoms with Gasteiger partial charge in [0.15, 0.2) is 5.65 Å². The first kappa shape index (κ1) is 13.9. The van der Waals surface area contributed by atoms with Gasteiger partial charge in [0.2, 0.25) is 0 Å². The van der Waals surface area contributed by atoms with Crippen LogP contribution < -0.4 is 0 Å². The smallest absolute Gasteiger partial charge is 0.164 e. The lowest BCUT2D eigenvalue weighted by molar-refractivity contribution is 0.968. The number of nitrogens with zero attached hydrogens (tertiary/aromatic N) is 3. The van der Waals surface area contributed by atoms with E-state index in [2.05, 4.69) is 25.9 Å². The zero-order chi connectivity index (χ0) is 14.3. The summed E-state index contributed by atoms with van der Waals surface area (Å²) in [5.41, 5.74) is 3.49. The molecule has 0 saturated heterocycles. The Morgan fingerprint density at radius 3 is 2.85 bits per heavy atom. The SMILES string of the molecule is Cc1ccc(Cl)c(-n2c(CCl)nc3cc(Br)cnc32)c1. The predicted molar refractivity (Wildman–Crippen MR) is 85.9 cm³/mol. The van der Waals surface area contributed by atoms with Gasteiger partial charge in [-0.1, -0.05) is 17.7 Å². The Bertz CT molecular complexity index is 798. The van der Waals surface area contributed by atoms with Gasteiger partial charge < -0.3 is 0 Å². The molecule has 0 atom stereocenters. The van der Waals surface area contributed by atoms with E-state index >= 15 is 0 Å². The van der Waals surface area contributed by atoms with Crippen LogP contribution in [-0.2, 0) is 5.88 Å². The summed E-state index contributed by atoms with van der Waals surface area (Å²) in [5, 5.41) is 0.644. The number of aromatic nitrogens is 3. The van der Waals surface area contributed by atoms with Crippen LogP contribution in [0.2, 0.25) is 5.02 Å². The average molecular weight is 371 g/mol. The van der Waals surface area contributed by atoms with Crippen LogP contribution >= 0.6 is 39.1 Å². The van der Waals surface area contributed by atoms with Gasteiger partial charge in [0.25, 0.3) is 0 Å². The molecule has 0 spiro atoms. The second-order valence-corrected chi connectivity index (χ2v) is 6.04. The molecule has 0 aliphatic carbocycles. The predicted octanol–water partition coefficient (Wildman–Crippen LogP) is 4.88. The summed E-state index contributed by atoms with van der Waals surface area (Å²) in [4.78, 5) is 8.95. The van der Waals surface area contributed by atoms with E-state index in [9.17, 15) is 0 Å². The fourth-order valence-corrected chi connectivity index (χ4v) is 2.82. The Hall–Kier alpha value is -1.10. The molecule has 3 aromatic rings. The molecule has 3 nitrogen and oxygen atoms in total. The zero-order valence-electron chi connectivity index (χ0n) is 10.6. The van der Waals surface area contributed by atoms with Gasteiger partial charge in [-0.2, -0.15) is 0 Å². The van der Waals surface area contributed by atoms with Gasteiger partial charge in [-0.05, 0) is 46.6 Å². The number of benzene rings is 1. The van der Waals surface area contributed by atoms with Gasteiger partial charge in [-0.25, -0.2) is 9.97 Å². The maximum absolute atomic E-state index is 6.32. The highest BCUT2D eigenvalue weighted by molar-refractivity contribution is 9.10. The largest absolute Gasteiger partial charge is 0.278 e. The molecule has 2 heterocycles. The van der Waals surface area contributed by atoms with Crippen LogP contribution in [0.3, 0.4) is 0 Å². The number of hydrogen-bond acceptors (Lipinski definition) is 2. The van der Waals surface area contributed by atoms with E-state index in [1.54, 1.807) is 6.20 Å². The van der Waals surface area contributed by atoms with Gasteiger partial charge >= 0.3 is 0 Å². The second kappa shape index (κ2) is 5.35. The van der Waals surface area contributed by atoms with Crippen molar-refractivity contribution in [3.05, 3.63) is 51.3 Å². The summed E-state index contributed by atoms with van der Waals surface area (Å²) in [6.07, 6.45) is 1.74. The summed E-state index contributed by atoms with van der Waals surface area (Å²) < 4.78 is 2.79. The van der Waals surface area contributed by atoms with Crippen LogP contribution in [0.25, 0.3) is 16.9 Å². The summed E-state index contributed by atoms with van der Waals surface area (Å²) in [6, 6.07) is 7.76. The lowest BCUT2D eigenvalue weighted by Crippen LogP contribution is -2.01. The lowest BCUT2D eigenvalue weighted by atomic mass is 10.2. The number of rotatable bonds is 2. The maximum Gasteiger partial charge on any atom is 0.164 e. The van der Waals surface area contributed by atoms with Crippen LogP contribution in [0.5, 0.6) is 0 Å². The van der Waals surface area contributed by atoms with E-state index in [-0.39, 0.29) is 5.88 Å². The molecule has 20 heavy (non-hydrogen) atoms. The molecule has 3 rings (SSSR count). The highest BCUT2D eigenvalue weighted by atomic mass is 79.9. The summed E-state index contributed by atoms with van der Waals surface area (Å²) in [5.74, 6) is 1.01. The van der Waals surface area contributed by atoms with Crippen molar-refractivity contribution in [2.24, 2.45) is 0 Å². The second-order valence-electron chi connectivity index (χ2n) is 4.45. The maximum atomic E-state index is 6.32. The number of fused-ring (bicyclic) bond motifs is 1. The minimum absolute atomic E-state index is 0.290. The average Bonchev–Trinajstić information content (AvgIpc) is 2.78. The van der Waals surface area contributed by atoms with Gasteiger partial charge in [0.05, 0.1) is 16.6 Å². The van der Waals surface area contributed by atoms with Crippen molar-refractivity contribution in [3.63, 3.8) is 0 Å². The topological polar surface area (TPSA) is 30.7 Å². The van der Waals surface area contributed by atoms with Crippen molar-refractivity contribution < 1.29 is 0 Å². The fraction of sp³-hybridized carbons (Fsp3) is 0.143. The standard InChI is InChI=1S/C14H10BrCl2N3/c1-8-2-3-10(17)12(4-8)20-13(6-16)19-11-5-9(15)7-18-14(11)20/h2-5,7H,6H2,1H3. The lowest BCUT2D eigenvalue weighted by Gasteiger charge is -2.10. The monoisotopic (exact) mass is 369 g/mol. The summed E-state index contributed by atoms with van der Waals surface area (Å²) in [7, 11) is 0. The number of halogens is 3. The molecule has 0 saturated carbocycles. The van der Waals surface area contributed by atoms with Crippen molar-refractivity contribution in [2.75, 3.05) is 0 Å². The molecular formula is C14H10BrCl2N3. The Morgan fingerprint density at radius 1 is 1.30 bits per heavy atom. The Labute approximate surface area is 134 Å². The molecule has 0 amide bonds. The van der Waals surface area contributed by atoms with Crippen LogP contribution in [-0.4, -0.2) is 14.5 Å². The normalized spacial score (nSPS) is 11.2. The van der Waals surface area contributed by atoms with E-state index in [0.29, 0.717) is 5.02 Å². The fourth-order valence-electron chi connectivity index (χ4n) is 2.12. The molecule has 0 aliphatic heterocycles. The van der Waals surface area contributed by atoms with Crippen molar-refractivity contribution in [1.29, 1.82) is 0 Å². The van der Waals surface area contributed by atoms with Gasteiger partial charge in [0.1, 0.15) is 11.3 Å². The van der Waals surface area contributed by atoms with E-state index in [4.69, 9.17) is 23.2 Å². The molecule has 6 heteroatoms. The Kier molecular flexibility index (Phi) is 3.71. The number of hydrogen-bond donors (Lipinski definition) is 0. The van der Waals surface area contributed by atoms with Crippen LogP contribution in [0, 0.1) is 6.92 Å². The first-order valence-electron chi connectivity index (χ1n) is 5.95. The molecule has 0 N–H and O–H groups in total. The third kappa shape index (κ3) is 2.32. The summed E-state index contributed by atoms with van der Waals surface area (Å²) >= 11 is 15.7. The number of aryl methyl sites for hydroxylation is 1. The van der Waals surface area contributed by atoms with Crippen LogP contribution in [0.4, 0.5) is 0 Å². The minimum Gasteiger partial charge on any atom is -0.278 e. The molecular weight excluding hydrogens is 361 g/mol. The Morgan fingerprint density at radius 2 is 2.10 bits per heavy atom. The Balaban J connectivity index is 2.37. The van der Waals surface area contributed by atoms with E-state index in [0.717, 1.165) is 32.7 Å². The number of imidazole rings is 1. The molecule has 2 aromatic heterocycles. The molecule has 0 bridgehead atoms. The van der Waals surface area contributed by atoms with Crippen LogP contribution in [0.1, 0.15) is 11.4 Å². The van der Waals surface area contributed by atoms with E-state index < -0.39 is 0 Å². The van der Waals surface area contributed by atoms with E-state index in [1.807, 2.05) is 35.8 Å². The third-order valence-electron chi connectivity index (χ3n) is 3.00. The third-order valence-corrected chi connectivity index (χ3v) is 3.99. The number of alkyl halides is 1. The first-order valence-corrected chi connectivity index (χ1v) is 7.66. The van der Waals surface area contributed by atoms with Gasteiger partial charge in [-0.15, -0.1) is 11.6 Å². The zero-order valence-corrected chi connectivity index (χ0v) is 13.7. The molecule has 102 valence electrons. The van der Waals surface area contributed by atoms with Crippen molar-refractivity contribution in [1.82, 2.24) is 14.5 Å². The van der Waals surface area contributed by atoms with Crippen LogP contribution in [0.15, 0.2) is 34.9 Å². The molecule has 0 unspecified atom stereocenters. The van der Waals surface area contributed by atoms with Crippen molar-refractivity contribution in [2.45, 2.75) is 12.8 Å². The summed E-state index contributed by atoms with van der Waals surface area (Å²) in [6.45, 7) is 2.02. The van der Waals surface area contributed by atoms with Gasteiger partial charge in [-0.3, -0.25) is 4.57 Å². The minimum atomic E-state index is 0.290. The molecule has 0 radical (unpaired) electrons. The highest BCUT2D eigenvalue weighted by Gasteiger charge is 2.15. The van der Waals surface area contributed by atoms with E-state index in [1.165, 1.54) is 0 Å². The van der Waals surface area contributed by atoms with Crippen molar-refractivity contribution in [3.8, 4) is 5.69 Å². The van der Waals surface area contributed by atoms with Crippen molar-refractivity contribution >= 4 is 50.3 Å². The molecule has 0 aliphatic rings.